The number of benzene rings is 1. The van der Waals surface area contributed by atoms with Crippen LogP contribution >= 0.6 is 0 Å². The average molecular weight is 355 g/mol. The summed E-state index contributed by atoms with van der Waals surface area (Å²) < 4.78 is 1.63. The molecule has 0 radical (unpaired) electrons. The van der Waals surface area contributed by atoms with Crippen molar-refractivity contribution in [1.29, 1.82) is 0 Å². The number of carbonyl (C=O) groups excluding carboxylic acids is 2. The number of imide groups is 1. The molecule has 1 fully saturated rings. The van der Waals surface area contributed by atoms with Crippen LogP contribution in [0.1, 0.15) is 11.3 Å². The van der Waals surface area contributed by atoms with Crippen molar-refractivity contribution in [3.63, 3.8) is 0 Å². The van der Waals surface area contributed by atoms with Crippen LogP contribution in [0.3, 0.4) is 0 Å². The van der Waals surface area contributed by atoms with Crippen LogP contribution in [-0.4, -0.2) is 38.3 Å². The van der Waals surface area contributed by atoms with Crippen molar-refractivity contribution in [1.82, 2.24) is 9.78 Å². The fraction of sp³-hybridized carbons (Fsp3) is 0.250. The van der Waals surface area contributed by atoms with Gasteiger partial charge in [0.1, 0.15) is 11.6 Å². The van der Waals surface area contributed by atoms with E-state index >= 15 is 0 Å². The summed E-state index contributed by atoms with van der Waals surface area (Å²) in [5.74, 6) is -2.02. The predicted octanol–water partition coefficient (Wildman–Crippen LogP) is 0.929. The molecule has 2 aromatic rings. The van der Waals surface area contributed by atoms with Gasteiger partial charge in [0.05, 0.1) is 16.8 Å². The molecule has 0 spiro atoms. The van der Waals surface area contributed by atoms with Crippen molar-refractivity contribution in [3.8, 4) is 0 Å². The third kappa shape index (κ3) is 2.11. The van der Waals surface area contributed by atoms with Crippen LogP contribution in [-0.2, 0) is 21.5 Å². The number of nitro groups is 1. The first kappa shape index (κ1) is 15.9. The standard InChI is InChI=1S/C16H13N5O5/c1-8-11(7-17-19(8)2)13-12-14(26-18-13)16(23)20(15(12)22)9-4-3-5-10(6-9)21(24)25/h3-7,12,14H,1-2H3/t12-,14+/m1/s1. The number of aryl methyl sites for hydroxylation is 1. The number of oxime groups is 1. The molecule has 3 heterocycles. The Morgan fingerprint density at radius 1 is 1.27 bits per heavy atom. The van der Waals surface area contributed by atoms with Gasteiger partial charge in [0.15, 0.2) is 0 Å². The largest absolute Gasteiger partial charge is 0.381 e. The summed E-state index contributed by atoms with van der Waals surface area (Å²) in [6.45, 7) is 1.82. The first-order chi connectivity index (χ1) is 12.4. The number of hydrogen-bond acceptors (Lipinski definition) is 7. The molecule has 1 aromatic heterocycles. The van der Waals surface area contributed by atoms with E-state index in [0.717, 1.165) is 10.6 Å². The number of nitrogens with zero attached hydrogens (tertiary/aromatic N) is 5. The molecule has 1 saturated heterocycles. The van der Waals surface area contributed by atoms with E-state index in [0.29, 0.717) is 11.3 Å². The molecule has 0 unspecified atom stereocenters. The summed E-state index contributed by atoms with van der Waals surface area (Å²) in [7, 11) is 1.75. The van der Waals surface area contributed by atoms with E-state index in [9.17, 15) is 19.7 Å². The molecule has 2 aliphatic rings. The third-order valence-corrected chi connectivity index (χ3v) is 4.62. The van der Waals surface area contributed by atoms with Crippen molar-refractivity contribution >= 4 is 28.9 Å². The van der Waals surface area contributed by atoms with Gasteiger partial charge in [0.2, 0.25) is 12.0 Å². The molecule has 2 amide bonds. The van der Waals surface area contributed by atoms with E-state index in [-0.39, 0.29) is 11.4 Å². The summed E-state index contributed by atoms with van der Waals surface area (Å²) in [5, 5.41) is 19.0. The lowest BCUT2D eigenvalue weighted by Gasteiger charge is -2.15. The van der Waals surface area contributed by atoms with Crippen LogP contribution in [0.5, 0.6) is 0 Å². The van der Waals surface area contributed by atoms with E-state index in [1.165, 1.54) is 24.3 Å². The molecular weight excluding hydrogens is 342 g/mol. The first-order valence-electron chi connectivity index (χ1n) is 7.75. The summed E-state index contributed by atoms with van der Waals surface area (Å²) >= 11 is 0. The van der Waals surface area contributed by atoms with Gasteiger partial charge in [0, 0.05) is 30.4 Å². The maximum absolute atomic E-state index is 12.9. The zero-order valence-electron chi connectivity index (χ0n) is 13.8. The van der Waals surface area contributed by atoms with Gasteiger partial charge in [-0.25, -0.2) is 4.90 Å². The molecule has 26 heavy (non-hydrogen) atoms. The van der Waals surface area contributed by atoms with Gasteiger partial charge < -0.3 is 4.84 Å². The van der Waals surface area contributed by atoms with Crippen LogP contribution in [0.25, 0.3) is 0 Å². The SMILES string of the molecule is Cc1c(C2=NO[C@@H]3C(=O)N(c4cccc([N+](=O)[O-])c4)C(=O)[C@H]23)cnn1C. The van der Waals surface area contributed by atoms with Crippen LogP contribution in [0, 0.1) is 23.0 Å². The molecule has 132 valence electrons. The predicted molar refractivity (Wildman–Crippen MR) is 88.4 cm³/mol. The van der Waals surface area contributed by atoms with Gasteiger partial charge in [-0.05, 0) is 13.0 Å². The Kier molecular flexibility index (Phi) is 3.36. The second kappa shape index (κ2) is 5.48. The number of rotatable bonds is 3. The molecule has 2 atom stereocenters. The minimum Gasteiger partial charge on any atom is -0.381 e. The van der Waals surface area contributed by atoms with E-state index in [4.69, 9.17) is 4.84 Å². The van der Waals surface area contributed by atoms with Gasteiger partial charge in [-0.15, -0.1) is 0 Å². The maximum Gasteiger partial charge on any atom is 0.278 e. The summed E-state index contributed by atoms with van der Waals surface area (Å²) in [4.78, 5) is 42.1. The number of non-ortho nitro benzene ring substituents is 1. The number of anilines is 1. The molecule has 0 bridgehead atoms. The summed E-state index contributed by atoms with van der Waals surface area (Å²) in [5.41, 5.74) is 1.67. The molecular formula is C16H13N5O5. The van der Waals surface area contributed by atoms with E-state index in [1.807, 2.05) is 6.92 Å². The Hall–Kier alpha value is -3.56. The zero-order chi connectivity index (χ0) is 18.6. The van der Waals surface area contributed by atoms with E-state index < -0.39 is 28.8 Å². The number of aromatic nitrogens is 2. The lowest BCUT2D eigenvalue weighted by atomic mass is 9.94. The molecule has 0 aliphatic carbocycles. The van der Waals surface area contributed by atoms with Gasteiger partial charge >= 0.3 is 0 Å². The number of hydrogen-bond donors (Lipinski definition) is 0. The minimum atomic E-state index is -1.07. The van der Waals surface area contributed by atoms with Crippen molar-refractivity contribution in [2.75, 3.05) is 4.90 Å². The molecule has 10 heteroatoms. The second-order valence-corrected chi connectivity index (χ2v) is 6.04. The van der Waals surface area contributed by atoms with E-state index in [1.54, 1.807) is 17.9 Å². The molecule has 10 nitrogen and oxygen atoms in total. The Morgan fingerprint density at radius 2 is 2.04 bits per heavy atom. The number of amides is 2. The fourth-order valence-corrected chi connectivity index (χ4v) is 3.15. The summed E-state index contributed by atoms with van der Waals surface area (Å²) in [6.07, 6.45) is 0.490. The Bertz CT molecular complexity index is 995. The lowest BCUT2D eigenvalue weighted by molar-refractivity contribution is -0.384. The second-order valence-electron chi connectivity index (χ2n) is 6.04. The highest BCUT2D eigenvalue weighted by atomic mass is 16.7. The molecule has 0 saturated carbocycles. The van der Waals surface area contributed by atoms with Gasteiger partial charge in [0.25, 0.3) is 11.6 Å². The average Bonchev–Trinajstić information content (AvgIpc) is 3.25. The van der Waals surface area contributed by atoms with Crippen LogP contribution < -0.4 is 4.90 Å². The Labute approximate surface area is 146 Å². The highest BCUT2D eigenvalue weighted by Crippen LogP contribution is 2.36. The lowest BCUT2D eigenvalue weighted by Crippen LogP contribution is -2.33. The van der Waals surface area contributed by atoms with Crippen molar-refractivity contribution in [3.05, 3.63) is 51.8 Å². The smallest absolute Gasteiger partial charge is 0.278 e. The molecule has 1 aromatic carbocycles. The normalized spacial score (nSPS) is 21.6. The highest BCUT2D eigenvalue weighted by molar-refractivity contribution is 6.32. The van der Waals surface area contributed by atoms with Crippen LogP contribution in [0.15, 0.2) is 35.6 Å². The maximum atomic E-state index is 12.9. The quantitative estimate of drug-likeness (QED) is 0.459. The van der Waals surface area contributed by atoms with Crippen molar-refractivity contribution < 1.29 is 19.3 Å². The first-order valence-corrected chi connectivity index (χ1v) is 7.75. The number of nitro benzene ring substituents is 1. The Balaban J connectivity index is 1.72. The summed E-state index contributed by atoms with van der Waals surface area (Å²) in [6, 6.07) is 5.36. The van der Waals surface area contributed by atoms with E-state index in [2.05, 4.69) is 10.3 Å². The fourth-order valence-electron chi connectivity index (χ4n) is 3.15. The van der Waals surface area contributed by atoms with Gasteiger partial charge in [-0.1, -0.05) is 11.2 Å². The Morgan fingerprint density at radius 3 is 2.69 bits per heavy atom. The van der Waals surface area contributed by atoms with Crippen molar-refractivity contribution in [2.24, 2.45) is 18.1 Å². The topological polar surface area (TPSA) is 120 Å². The van der Waals surface area contributed by atoms with Crippen molar-refractivity contribution in [2.45, 2.75) is 13.0 Å². The molecule has 0 N–H and O–H groups in total. The van der Waals surface area contributed by atoms with Gasteiger partial charge in [-0.3, -0.25) is 24.4 Å². The zero-order valence-corrected chi connectivity index (χ0v) is 13.8. The van der Waals surface area contributed by atoms with Gasteiger partial charge in [-0.2, -0.15) is 5.10 Å². The number of fused-ring (bicyclic) bond motifs is 1. The number of carbonyl (C=O) groups is 2. The molecule has 2 aliphatic heterocycles. The molecule has 4 rings (SSSR count). The third-order valence-electron chi connectivity index (χ3n) is 4.62. The van der Waals surface area contributed by atoms with Crippen LogP contribution in [0.2, 0.25) is 0 Å². The highest BCUT2D eigenvalue weighted by Gasteiger charge is 2.56. The monoisotopic (exact) mass is 355 g/mol. The van der Waals surface area contributed by atoms with Crippen LogP contribution in [0.4, 0.5) is 11.4 Å². The minimum absolute atomic E-state index is 0.134.